The highest BCUT2D eigenvalue weighted by atomic mass is 16.5. The molecule has 2 N–H and O–H groups in total. The predicted octanol–water partition coefficient (Wildman–Crippen LogP) is 2.38. The summed E-state index contributed by atoms with van der Waals surface area (Å²) in [6, 6.07) is 6.67. The lowest BCUT2D eigenvalue weighted by molar-refractivity contribution is 0.415. The SMILES string of the molecule is COc1ccc2c3c([nH]c2c1)[C@H](C)NCC3. The third kappa shape index (κ3) is 1.32. The van der Waals surface area contributed by atoms with Gasteiger partial charge in [-0.2, -0.15) is 0 Å². The first-order valence-electron chi connectivity index (χ1n) is 5.71. The van der Waals surface area contributed by atoms with Crippen LogP contribution in [0.25, 0.3) is 10.9 Å². The van der Waals surface area contributed by atoms with E-state index in [1.54, 1.807) is 7.11 Å². The van der Waals surface area contributed by atoms with Crippen molar-refractivity contribution >= 4 is 10.9 Å². The van der Waals surface area contributed by atoms with Crippen LogP contribution in [-0.4, -0.2) is 18.6 Å². The Kier molecular flexibility index (Phi) is 2.14. The number of ether oxygens (including phenoxy) is 1. The van der Waals surface area contributed by atoms with Gasteiger partial charge in [0.25, 0.3) is 0 Å². The summed E-state index contributed by atoms with van der Waals surface area (Å²) < 4.78 is 5.25. The lowest BCUT2D eigenvalue weighted by atomic mass is 10.0. The van der Waals surface area contributed by atoms with Crippen molar-refractivity contribution in [1.82, 2.24) is 10.3 Å². The summed E-state index contributed by atoms with van der Waals surface area (Å²) >= 11 is 0. The van der Waals surface area contributed by atoms with Crippen LogP contribution in [0.1, 0.15) is 24.2 Å². The second-order valence-corrected chi connectivity index (χ2v) is 4.35. The van der Waals surface area contributed by atoms with E-state index in [-0.39, 0.29) is 0 Å². The fourth-order valence-corrected chi connectivity index (χ4v) is 2.54. The van der Waals surface area contributed by atoms with E-state index in [0.29, 0.717) is 6.04 Å². The van der Waals surface area contributed by atoms with Gasteiger partial charge in [-0.3, -0.25) is 0 Å². The van der Waals surface area contributed by atoms with Gasteiger partial charge in [-0.25, -0.2) is 0 Å². The highest BCUT2D eigenvalue weighted by Gasteiger charge is 2.20. The molecule has 1 aromatic heterocycles. The number of hydrogen-bond donors (Lipinski definition) is 2. The molecule has 84 valence electrons. The van der Waals surface area contributed by atoms with Gasteiger partial charge in [-0.05, 0) is 37.6 Å². The van der Waals surface area contributed by atoms with Crippen LogP contribution in [0.15, 0.2) is 18.2 Å². The van der Waals surface area contributed by atoms with Crippen LogP contribution in [0.4, 0.5) is 0 Å². The number of rotatable bonds is 1. The molecule has 0 bridgehead atoms. The number of benzene rings is 1. The van der Waals surface area contributed by atoms with Crippen molar-refractivity contribution in [3.8, 4) is 5.75 Å². The number of methoxy groups -OCH3 is 1. The van der Waals surface area contributed by atoms with Crippen LogP contribution >= 0.6 is 0 Å². The zero-order chi connectivity index (χ0) is 11.1. The molecule has 0 amide bonds. The van der Waals surface area contributed by atoms with Crippen molar-refractivity contribution in [3.63, 3.8) is 0 Å². The van der Waals surface area contributed by atoms with Crippen LogP contribution in [-0.2, 0) is 6.42 Å². The molecule has 3 nitrogen and oxygen atoms in total. The van der Waals surface area contributed by atoms with E-state index in [9.17, 15) is 0 Å². The van der Waals surface area contributed by atoms with Crippen molar-refractivity contribution < 1.29 is 4.74 Å². The van der Waals surface area contributed by atoms with Gasteiger partial charge in [0.2, 0.25) is 0 Å². The third-order valence-electron chi connectivity index (χ3n) is 3.40. The number of H-pyrrole nitrogens is 1. The van der Waals surface area contributed by atoms with Crippen LogP contribution in [0.2, 0.25) is 0 Å². The zero-order valence-electron chi connectivity index (χ0n) is 9.63. The lowest BCUT2D eigenvalue weighted by Gasteiger charge is -2.20. The smallest absolute Gasteiger partial charge is 0.120 e. The summed E-state index contributed by atoms with van der Waals surface area (Å²) in [4.78, 5) is 3.50. The molecule has 16 heavy (non-hydrogen) atoms. The molecule has 0 saturated carbocycles. The first-order chi connectivity index (χ1) is 7.79. The van der Waals surface area contributed by atoms with Gasteiger partial charge in [-0.1, -0.05) is 0 Å². The largest absolute Gasteiger partial charge is 0.497 e. The number of fused-ring (bicyclic) bond motifs is 3. The normalized spacial score (nSPS) is 19.8. The van der Waals surface area contributed by atoms with Crippen LogP contribution in [0.5, 0.6) is 5.75 Å². The highest BCUT2D eigenvalue weighted by molar-refractivity contribution is 5.86. The monoisotopic (exact) mass is 216 g/mol. The Hall–Kier alpha value is -1.48. The van der Waals surface area contributed by atoms with Crippen molar-refractivity contribution in [3.05, 3.63) is 29.5 Å². The van der Waals surface area contributed by atoms with Crippen LogP contribution in [0.3, 0.4) is 0 Å². The van der Waals surface area contributed by atoms with E-state index in [0.717, 1.165) is 18.7 Å². The molecular formula is C13H16N2O. The molecule has 0 aliphatic carbocycles. The maximum Gasteiger partial charge on any atom is 0.120 e. The molecule has 3 heteroatoms. The molecule has 2 aromatic rings. The molecule has 1 aliphatic heterocycles. The summed E-state index contributed by atoms with van der Waals surface area (Å²) in [5.74, 6) is 0.909. The quantitative estimate of drug-likeness (QED) is 0.768. The first kappa shape index (κ1) is 9.73. The Labute approximate surface area is 94.8 Å². The van der Waals surface area contributed by atoms with E-state index in [4.69, 9.17) is 4.74 Å². The van der Waals surface area contributed by atoms with Crippen molar-refractivity contribution in [2.24, 2.45) is 0 Å². The maximum atomic E-state index is 5.25. The topological polar surface area (TPSA) is 37.0 Å². The minimum absolute atomic E-state index is 0.419. The maximum absolute atomic E-state index is 5.25. The number of hydrogen-bond acceptors (Lipinski definition) is 2. The third-order valence-corrected chi connectivity index (χ3v) is 3.40. The molecule has 1 aliphatic rings. The Balaban J connectivity index is 2.23. The standard InChI is InChI=1S/C13H16N2O/c1-8-13-11(5-6-14-8)10-4-3-9(16-2)7-12(10)15-13/h3-4,7-8,14-15H,5-6H2,1-2H3/t8-/m0/s1. The van der Waals surface area contributed by atoms with Crippen LogP contribution in [0, 0.1) is 0 Å². The summed E-state index contributed by atoms with van der Waals surface area (Å²) in [5, 5.41) is 4.80. The zero-order valence-corrected chi connectivity index (χ0v) is 9.63. The van der Waals surface area contributed by atoms with Crippen molar-refractivity contribution in [2.75, 3.05) is 13.7 Å². The lowest BCUT2D eigenvalue weighted by Crippen LogP contribution is -2.27. The van der Waals surface area contributed by atoms with Gasteiger partial charge in [0.05, 0.1) is 7.11 Å². The Morgan fingerprint density at radius 1 is 1.38 bits per heavy atom. The van der Waals surface area contributed by atoms with E-state index in [1.165, 1.54) is 22.2 Å². The molecule has 1 atom stereocenters. The fourth-order valence-electron chi connectivity index (χ4n) is 2.54. The van der Waals surface area contributed by atoms with Crippen LogP contribution < -0.4 is 10.1 Å². The van der Waals surface area contributed by atoms with Gasteiger partial charge in [0, 0.05) is 28.7 Å². The van der Waals surface area contributed by atoms with Gasteiger partial charge in [0.1, 0.15) is 5.75 Å². The predicted molar refractivity (Wildman–Crippen MR) is 65.0 cm³/mol. The summed E-state index contributed by atoms with van der Waals surface area (Å²) in [6.45, 7) is 3.26. The Bertz CT molecular complexity index is 530. The fraction of sp³-hybridized carbons (Fsp3) is 0.385. The Morgan fingerprint density at radius 3 is 3.06 bits per heavy atom. The van der Waals surface area contributed by atoms with Gasteiger partial charge < -0.3 is 15.0 Å². The summed E-state index contributed by atoms with van der Waals surface area (Å²) in [6.07, 6.45) is 1.10. The minimum atomic E-state index is 0.419. The average Bonchev–Trinajstić information content (AvgIpc) is 2.68. The Morgan fingerprint density at radius 2 is 2.25 bits per heavy atom. The first-order valence-corrected chi connectivity index (χ1v) is 5.71. The summed E-state index contributed by atoms with van der Waals surface area (Å²) in [5.41, 5.74) is 3.97. The number of aromatic nitrogens is 1. The molecule has 2 heterocycles. The molecule has 0 radical (unpaired) electrons. The molecule has 0 unspecified atom stereocenters. The molecule has 0 saturated heterocycles. The second-order valence-electron chi connectivity index (χ2n) is 4.35. The molecule has 1 aromatic carbocycles. The van der Waals surface area contributed by atoms with E-state index in [1.807, 2.05) is 6.07 Å². The number of aromatic amines is 1. The molecule has 0 fully saturated rings. The number of nitrogens with one attached hydrogen (secondary N) is 2. The average molecular weight is 216 g/mol. The van der Waals surface area contributed by atoms with Gasteiger partial charge >= 0.3 is 0 Å². The second kappa shape index (κ2) is 3.52. The van der Waals surface area contributed by atoms with Gasteiger partial charge in [0.15, 0.2) is 0 Å². The molecular weight excluding hydrogens is 200 g/mol. The van der Waals surface area contributed by atoms with Crippen molar-refractivity contribution in [1.29, 1.82) is 0 Å². The van der Waals surface area contributed by atoms with E-state index >= 15 is 0 Å². The minimum Gasteiger partial charge on any atom is -0.497 e. The molecule has 0 spiro atoms. The van der Waals surface area contributed by atoms with Crippen molar-refractivity contribution in [2.45, 2.75) is 19.4 Å². The molecule has 3 rings (SSSR count). The highest BCUT2D eigenvalue weighted by Crippen LogP contribution is 2.31. The summed E-state index contributed by atoms with van der Waals surface area (Å²) in [7, 11) is 1.70. The van der Waals surface area contributed by atoms with E-state index < -0.39 is 0 Å². The van der Waals surface area contributed by atoms with E-state index in [2.05, 4.69) is 29.4 Å². The van der Waals surface area contributed by atoms with Gasteiger partial charge in [-0.15, -0.1) is 0 Å².